The van der Waals surface area contributed by atoms with Gasteiger partial charge in [-0.05, 0) is 14.1 Å². The summed E-state index contributed by atoms with van der Waals surface area (Å²) in [5, 5.41) is 0. The van der Waals surface area contributed by atoms with Crippen LogP contribution >= 0.6 is 0 Å². The van der Waals surface area contributed by atoms with Gasteiger partial charge in [-0.3, -0.25) is 13.9 Å². The first kappa shape index (κ1) is 12.6. The second kappa shape index (κ2) is 4.41. The SMILES string of the molecule is CN(C)CCn1cnc2c(=O)n(C)c(=O)n(C)c21. The van der Waals surface area contributed by atoms with E-state index in [1.165, 1.54) is 11.6 Å². The molecule has 7 heteroatoms. The summed E-state index contributed by atoms with van der Waals surface area (Å²) in [4.78, 5) is 29.9. The van der Waals surface area contributed by atoms with E-state index in [1.54, 1.807) is 13.4 Å². The zero-order valence-corrected chi connectivity index (χ0v) is 11.0. The number of fused-ring (bicyclic) bond motifs is 1. The zero-order chi connectivity index (χ0) is 13.4. The lowest BCUT2D eigenvalue weighted by atomic mass is 10.5. The number of rotatable bonds is 3. The molecule has 0 saturated heterocycles. The van der Waals surface area contributed by atoms with Crippen LogP contribution in [0.1, 0.15) is 0 Å². The maximum atomic E-state index is 11.9. The molecule has 0 amide bonds. The molecule has 2 aromatic rings. The van der Waals surface area contributed by atoms with Crippen LogP contribution in [0.2, 0.25) is 0 Å². The molecule has 0 N–H and O–H groups in total. The standard InChI is InChI=1S/C11H17N5O2/c1-13(2)5-6-16-7-12-8-9(16)14(3)11(18)15(4)10(8)17/h7H,5-6H2,1-4H3. The minimum absolute atomic E-state index is 0.332. The highest BCUT2D eigenvalue weighted by molar-refractivity contribution is 5.69. The van der Waals surface area contributed by atoms with Crippen LogP contribution in [0.3, 0.4) is 0 Å². The van der Waals surface area contributed by atoms with Gasteiger partial charge in [0, 0.05) is 27.2 Å². The van der Waals surface area contributed by atoms with E-state index in [0.717, 1.165) is 11.1 Å². The van der Waals surface area contributed by atoms with Crippen LogP contribution in [0, 0.1) is 0 Å². The van der Waals surface area contributed by atoms with Gasteiger partial charge < -0.3 is 9.47 Å². The Labute approximate surface area is 104 Å². The van der Waals surface area contributed by atoms with Crippen molar-refractivity contribution in [3.8, 4) is 0 Å². The van der Waals surface area contributed by atoms with Crippen molar-refractivity contribution in [2.24, 2.45) is 14.1 Å². The first-order valence-electron chi connectivity index (χ1n) is 5.69. The number of nitrogens with zero attached hydrogens (tertiary/aromatic N) is 5. The van der Waals surface area contributed by atoms with E-state index in [0.29, 0.717) is 17.7 Å². The molecule has 0 atom stereocenters. The van der Waals surface area contributed by atoms with Gasteiger partial charge >= 0.3 is 5.69 Å². The molecule has 0 radical (unpaired) electrons. The van der Waals surface area contributed by atoms with Crippen LogP contribution in [-0.2, 0) is 20.6 Å². The number of likely N-dealkylation sites (N-methyl/N-ethyl adjacent to an activating group) is 1. The van der Waals surface area contributed by atoms with Crippen molar-refractivity contribution in [2.45, 2.75) is 6.54 Å². The fourth-order valence-corrected chi connectivity index (χ4v) is 1.91. The van der Waals surface area contributed by atoms with Gasteiger partial charge in [0.1, 0.15) is 5.65 Å². The van der Waals surface area contributed by atoms with Gasteiger partial charge in [0.15, 0.2) is 5.52 Å². The van der Waals surface area contributed by atoms with Crippen molar-refractivity contribution in [3.05, 3.63) is 27.2 Å². The summed E-state index contributed by atoms with van der Waals surface area (Å²) in [5.74, 6) is 0. The molecule has 0 saturated carbocycles. The average Bonchev–Trinajstić information content (AvgIpc) is 2.75. The van der Waals surface area contributed by atoms with E-state index in [-0.39, 0.29) is 11.2 Å². The molecule has 2 rings (SSSR count). The first-order chi connectivity index (χ1) is 8.43. The van der Waals surface area contributed by atoms with Crippen LogP contribution < -0.4 is 11.2 Å². The quantitative estimate of drug-likeness (QED) is 0.701. The lowest BCUT2D eigenvalue weighted by Gasteiger charge is -2.12. The second-order valence-corrected chi connectivity index (χ2v) is 4.62. The predicted molar refractivity (Wildman–Crippen MR) is 68.8 cm³/mol. The van der Waals surface area contributed by atoms with Gasteiger partial charge in [0.05, 0.1) is 6.33 Å². The van der Waals surface area contributed by atoms with Gasteiger partial charge in [-0.2, -0.15) is 0 Å². The maximum Gasteiger partial charge on any atom is 0.332 e. The Kier molecular flexibility index (Phi) is 3.08. The molecular formula is C11H17N5O2. The molecule has 0 aliphatic rings. The summed E-state index contributed by atoms with van der Waals surface area (Å²) in [6.45, 7) is 1.50. The molecule has 0 spiro atoms. The topological polar surface area (TPSA) is 65.1 Å². The molecule has 98 valence electrons. The van der Waals surface area contributed by atoms with Gasteiger partial charge in [-0.15, -0.1) is 0 Å². The number of aryl methyl sites for hydroxylation is 1. The van der Waals surface area contributed by atoms with Crippen molar-refractivity contribution < 1.29 is 0 Å². The van der Waals surface area contributed by atoms with Gasteiger partial charge in [0.2, 0.25) is 0 Å². The predicted octanol–water partition coefficient (Wildman–Crippen LogP) is -1.00. The normalized spacial score (nSPS) is 11.6. The van der Waals surface area contributed by atoms with Crippen molar-refractivity contribution in [2.75, 3.05) is 20.6 Å². The van der Waals surface area contributed by atoms with E-state index in [1.807, 2.05) is 23.6 Å². The Morgan fingerprint density at radius 3 is 2.50 bits per heavy atom. The van der Waals surface area contributed by atoms with Crippen molar-refractivity contribution >= 4 is 11.2 Å². The zero-order valence-electron chi connectivity index (χ0n) is 11.0. The number of hydrogen-bond acceptors (Lipinski definition) is 4. The van der Waals surface area contributed by atoms with E-state index in [4.69, 9.17) is 0 Å². The van der Waals surface area contributed by atoms with Crippen molar-refractivity contribution in [3.63, 3.8) is 0 Å². The third kappa shape index (κ3) is 1.86. The third-order valence-electron chi connectivity index (χ3n) is 3.00. The summed E-state index contributed by atoms with van der Waals surface area (Å²) >= 11 is 0. The Morgan fingerprint density at radius 2 is 1.89 bits per heavy atom. The Bertz CT molecular complexity index is 692. The second-order valence-electron chi connectivity index (χ2n) is 4.62. The Morgan fingerprint density at radius 1 is 1.22 bits per heavy atom. The molecular weight excluding hydrogens is 234 g/mol. The molecule has 0 bridgehead atoms. The Balaban J connectivity index is 2.66. The van der Waals surface area contributed by atoms with Gasteiger partial charge in [-0.1, -0.05) is 0 Å². The van der Waals surface area contributed by atoms with Crippen LogP contribution in [0.5, 0.6) is 0 Å². The maximum absolute atomic E-state index is 11.9. The lowest BCUT2D eigenvalue weighted by Crippen LogP contribution is -2.37. The number of hydrogen-bond donors (Lipinski definition) is 0. The molecule has 2 heterocycles. The smallest absolute Gasteiger partial charge is 0.315 e. The molecule has 0 aromatic carbocycles. The van der Waals surface area contributed by atoms with E-state index in [9.17, 15) is 9.59 Å². The summed E-state index contributed by atoms with van der Waals surface area (Å²) in [7, 11) is 7.05. The highest BCUT2D eigenvalue weighted by Gasteiger charge is 2.13. The average molecular weight is 251 g/mol. The largest absolute Gasteiger partial charge is 0.332 e. The summed E-state index contributed by atoms with van der Waals surface area (Å²) < 4.78 is 4.36. The van der Waals surface area contributed by atoms with Gasteiger partial charge in [-0.25, -0.2) is 9.78 Å². The summed E-state index contributed by atoms with van der Waals surface area (Å²) in [6, 6.07) is 0. The lowest BCUT2D eigenvalue weighted by molar-refractivity contribution is 0.385. The third-order valence-corrected chi connectivity index (χ3v) is 3.00. The molecule has 0 unspecified atom stereocenters. The van der Waals surface area contributed by atoms with Crippen LogP contribution in [0.25, 0.3) is 11.2 Å². The van der Waals surface area contributed by atoms with Crippen LogP contribution in [0.15, 0.2) is 15.9 Å². The molecule has 2 aromatic heterocycles. The number of imidazole rings is 1. The van der Waals surface area contributed by atoms with E-state index in [2.05, 4.69) is 4.98 Å². The summed E-state index contributed by atoms with van der Waals surface area (Å²) in [6.07, 6.45) is 1.61. The molecule has 7 nitrogen and oxygen atoms in total. The minimum atomic E-state index is -0.350. The van der Waals surface area contributed by atoms with E-state index >= 15 is 0 Å². The van der Waals surface area contributed by atoms with Crippen LogP contribution in [-0.4, -0.2) is 44.2 Å². The fraction of sp³-hybridized carbons (Fsp3) is 0.545. The first-order valence-corrected chi connectivity index (χ1v) is 5.69. The fourth-order valence-electron chi connectivity index (χ4n) is 1.91. The molecule has 0 aliphatic heterocycles. The number of aromatic nitrogens is 4. The molecule has 18 heavy (non-hydrogen) atoms. The highest BCUT2D eigenvalue weighted by Crippen LogP contribution is 2.05. The van der Waals surface area contributed by atoms with Crippen molar-refractivity contribution in [1.29, 1.82) is 0 Å². The van der Waals surface area contributed by atoms with Gasteiger partial charge in [0.25, 0.3) is 5.56 Å². The highest BCUT2D eigenvalue weighted by atomic mass is 16.2. The Hall–Kier alpha value is -1.89. The van der Waals surface area contributed by atoms with E-state index < -0.39 is 0 Å². The monoisotopic (exact) mass is 251 g/mol. The van der Waals surface area contributed by atoms with Crippen molar-refractivity contribution in [1.82, 2.24) is 23.6 Å². The summed E-state index contributed by atoms with van der Waals surface area (Å²) in [5.41, 5.74) is 0.221. The van der Waals surface area contributed by atoms with Crippen LogP contribution in [0.4, 0.5) is 0 Å². The molecule has 0 fully saturated rings. The minimum Gasteiger partial charge on any atom is -0.315 e. The molecule has 0 aliphatic carbocycles.